The van der Waals surface area contributed by atoms with Crippen molar-refractivity contribution < 1.29 is 5.11 Å². The summed E-state index contributed by atoms with van der Waals surface area (Å²) in [5, 5.41) is 12.6. The normalized spacial score (nSPS) is 27.0. The fourth-order valence-corrected chi connectivity index (χ4v) is 2.67. The molecule has 96 valence electrons. The minimum absolute atomic E-state index is 0.319. The van der Waals surface area contributed by atoms with Crippen molar-refractivity contribution in [2.45, 2.75) is 65.3 Å². The molecule has 0 aromatic carbocycles. The van der Waals surface area contributed by atoms with E-state index in [1.54, 1.807) is 0 Å². The molecular formula is C14H29NO. The van der Waals surface area contributed by atoms with Crippen LogP contribution in [-0.4, -0.2) is 24.3 Å². The molecular weight excluding hydrogens is 198 g/mol. The monoisotopic (exact) mass is 227 g/mol. The first-order chi connectivity index (χ1) is 7.55. The first-order valence-corrected chi connectivity index (χ1v) is 6.89. The van der Waals surface area contributed by atoms with Crippen molar-refractivity contribution in [1.82, 2.24) is 5.32 Å². The zero-order valence-electron chi connectivity index (χ0n) is 11.3. The van der Waals surface area contributed by atoms with Crippen LogP contribution in [-0.2, 0) is 0 Å². The molecule has 1 rings (SSSR count). The maximum absolute atomic E-state index is 8.87. The molecule has 2 heteroatoms. The topological polar surface area (TPSA) is 32.3 Å². The van der Waals surface area contributed by atoms with Crippen LogP contribution in [0, 0.1) is 11.3 Å². The summed E-state index contributed by atoms with van der Waals surface area (Å²) in [6.45, 7) is 8.37. The average Bonchev–Trinajstić information content (AvgIpc) is 2.26. The summed E-state index contributed by atoms with van der Waals surface area (Å²) in [7, 11) is 0. The third-order valence-electron chi connectivity index (χ3n) is 3.97. The summed E-state index contributed by atoms with van der Waals surface area (Å²) in [5.74, 6) is 0.836. The molecule has 0 radical (unpaired) electrons. The predicted molar refractivity (Wildman–Crippen MR) is 69.5 cm³/mol. The lowest BCUT2D eigenvalue weighted by atomic mass is 9.83. The first-order valence-electron chi connectivity index (χ1n) is 6.89. The van der Waals surface area contributed by atoms with Crippen molar-refractivity contribution >= 4 is 0 Å². The van der Waals surface area contributed by atoms with Gasteiger partial charge in [0.2, 0.25) is 0 Å². The Morgan fingerprint density at radius 1 is 1.25 bits per heavy atom. The Hall–Kier alpha value is -0.0800. The Balaban J connectivity index is 2.26. The van der Waals surface area contributed by atoms with E-state index in [1.165, 1.54) is 25.7 Å². The Morgan fingerprint density at radius 2 is 1.94 bits per heavy atom. The highest BCUT2D eigenvalue weighted by atomic mass is 16.2. The van der Waals surface area contributed by atoms with E-state index in [0.29, 0.717) is 12.0 Å². The van der Waals surface area contributed by atoms with Crippen molar-refractivity contribution in [3.05, 3.63) is 0 Å². The van der Waals surface area contributed by atoms with E-state index in [4.69, 9.17) is 5.11 Å². The van der Waals surface area contributed by atoms with Crippen LogP contribution < -0.4 is 5.32 Å². The Kier molecular flexibility index (Phi) is 5.77. The molecule has 0 spiro atoms. The standard InChI is InChI=1S/C14H29NO/c1-12-7-4-5-8-13(12)15-11-14(2,3)9-6-10-16/h12-13,15-16H,4-11H2,1-3H3. The van der Waals surface area contributed by atoms with Crippen LogP contribution in [0.4, 0.5) is 0 Å². The van der Waals surface area contributed by atoms with E-state index in [2.05, 4.69) is 26.1 Å². The maximum atomic E-state index is 8.87. The van der Waals surface area contributed by atoms with E-state index in [-0.39, 0.29) is 0 Å². The number of aliphatic hydroxyl groups is 1. The van der Waals surface area contributed by atoms with Crippen molar-refractivity contribution in [3.63, 3.8) is 0 Å². The molecule has 1 saturated carbocycles. The second-order valence-electron chi connectivity index (χ2n) is 6.24. The minimum atomic E-state index is 0.319. The lowest BCUT2D eigenvalue weighted by Gasteiger charge is -2.33. The second kappa shape index (κ2) is 6.61. The smallest absolute Gasteiger partial charge is 0.0431 e. The van der Waals surface area contributed by atoms with E-state index < -0.39 is 0 Å². The molecule has 0 aliphatic heterocycles. The summed E-state index contributed by atoms with van der Waals surface area (Å²) in [5.41, 5.74) is 0.319. The van der Waals surface area contributed by atoms with Gasteiger partial charge in [-0.1, -0.05) is 33.6 Å². The van der Waals surface area contributed by atoms with Crippen molar-refractivity contribution in [1.29, 1.82) is 0 Å². The van der Waals surface area contributed by atoms with Crippen molar-refractivity contribution in [2.75, 3.05) is 13.2 Å². The van der Waals surface area contributed by atoms with Gasteiger partial charge in [-0.3, -0.25) is 0 Å². The molecule has 1 fully saturated rings. The molecule has 0 amide bonds. The Bertz CT molecular complexity index is 191. The van der Waals surface area contributed by atoms with Gasteiger partial charge in [0.05, 0.1) is 0 Å². The highest BCUT2D eigenvalue weighted by Crippen LogP contribution is 2.26. The third-order valence-corrected chi connectivity index (χ3v) is 3.97. The molecule has 0 bridgehead atoms. The maximum Gasteiger partial charge on any atom is 0.0431 e. The molecule has 0 aromatic rings. The lowest BCUT2D eigenvalue weighted by Crippen LogP contribution is -2.42. The van der Waals surface area contributed by atoms with Crippen LogP contribution in [0.3, 0.4) is 0 Å². The molecule has 2 nitrogen and oxygen atoms in total. The largest absolute Gasteiger partial charge is 0.396 e. The van der Waals surface area contributed by atoms with E-state index in [9.17, 15) is 0 Å². The number of rotatable bonds is 6. The zero-order valence-corrected chi connectivity index (χ0v) is 11.3. The van der Waals surface area contributed by atoms with Gasteiger partial charge in [0.25, 0.3) is 0 Å². The fourth-order valence-electron chi connectivity index (χ4n) is 2.67. The van der Waals surface area contributed by atoms with Crippen molar-refractivity contribution in [3.8, 4) is 0 Å². The summed E-state index contributed by atoms with van der Waals surface area (Å²) < 4.78 is 0. The SMILES string of the molecule is CC1CCCCC1NCC(C)(C)CCCO. The predicted octanol–water partition coefficient (Wildman–Crippen LogP) is 2.95. The van der Waals surface area contributed by atoms with Gasteiger partial charge in [-0.25, -0.2) is 0 Å². The van der Waals surface area contributed by atoms with Gasteiger partial charge in [-0.2, -0.15) is 0 Å². The van der Waals surface area contributed by atoms with Crippen LogP contribution in [0.2, 0.25) is 0 Å². The highest BCUT2D eigenvalue weighted by Gasteiger charge is 2.24. The summed E-state index contributed by atoms with van der Waals surface area (Å²) >= 11 is 0. The van der Waals surface area contributed by atoms with Crippen LogP contribution in [0.1, 0.15) is 59.3 Å². The molecule has 0 aromatic heterocycles. The number of nitrogens with one attached hydrogen (secondary N) is 1. The molecule has 1 aliphatic carbocycles. The molecule has 0 heterocycles. The quantitative estimate of drug-likeness (QED) is 0.731. The zero-order chi connectivity index (χ0) is 12.0. The van der Waals surface area contributed by atoms with Crippen molar-refractivity contribution in [2.24, 2.45) is 11.3 Å². The second-order valence-corrected chi connectivity index (χ2v) is 6.24. The van der Waals surface area contributed by atoms with Gasteiger partial charge in [0, 0.05) is 19.2 Å². The van der Waals surface area contributed by atoms with E-state index >= 15 is 0 Å². The van der Waals surface area contributed by atoms with Crippen LogP contribution in [0.5, 0.6) is 0 Å². The Labute approximate surface area is 101 Å². The van der Waals surface area contributed by atoms with Gasteiger partial charge >= 0.3 is 0 Å². The van der Waals surface area contributed by atoms with Crippen LogP contribution in [0.15, 0.2) is 0 Å². The molecule has 1 aliphatic rings. The Morgan fingerprint density at radius 3 is 2.56 bits per heavy atom. The van der Waals surface area contributed by atoms with Crippen LogP contribution >= 0.6 is 0 Å². The fraction of sp³-hybridized carbons (Fsp3) is 1.00. The molecule has 2 unspecified atom stereocenters. The average molecular weight is 227 g/mol. The van der Waals surface area contributed by atoms with Gasteiger partial charge in [-0.05, 0) is 37.0 Å². The van der Waals surface area contributed by atoms with Gasteiger partial charge in [-0.15, -0.1) is 0 Å². The summed E-state index contributed by atoms with van der Waals surface area (Å²) in [6, 6.07) is 0.724. The highest BCUT2D eigenvalue weighted by molar-refractivity contribution is 4.81. The summed E-state index contributed by atoms with van der Waals surface area (Å²) in [6.07, 6.45) is 7.56. The molecule has 0 saturated heterocycles. The molecule has 2 N–H and O–H groups in total. The number of aliphatic hydroxyl groups excluding tert-OH is 1. The summed E-state index contributed by atoms with van der Waals surface area (Å²) in [4.78, 5) is 0. The lowest BCUT2D eigenvalue weighted by molar-refractivity contribution is 0.209. The number of hydrogen-bond donors (Lipinski definition) is 2. The van der Waals surface area contributed by atoms with E-state index in [0.717, 1.165) is 31.3 Å². The third kappa shape index (κ3) is 4.84. The van der Waals surface area contributed by atoms with Gasteiger partial charge in [0.15, 0.2) is 0 Å². The van der Waals surface area contributed by atoms with E-state index in [1.807, 2.05) is 0 Å². The molecule has 16 heavy (non-hydrogen) atoms. The minimum Gasteiger partial charge on any atom is -0.396 e. The van der Waals surface area contributed by atoms with Crippen LogP contribution in [0.25, 0.3) is 0 Å². The first kappa shape index (κ1) is 14.0. The molecule has 2 atom stereocenters. The van der Waals surface area contributed by atoms with Gasteiger partial charge in [0.1, 0.15) is 0 Å². The number of hydrogen-bond acceptors (Lipinski definition) is 2. The van der Waals surface area contributed by atoms with Gasteiger partial charge < -0.3 is 10.4 Å².